The summed E-state index contributed by atoms with van der Waals surface area (Å²) in [6.07, 6.45) is 1.12. The van der Waals surface area contributed by atoms with Gasteiger partial charge in [-0.25, -0.2) is 4.79 Å². The minimum atomic E-state index is -0.442. The van der Waals surface area contributed by atoms with E-state index in [1.165, 1.54) is 0 Å². The van der Waals surface area contributed by atoms with E-state index in [2.05, 4.69) is 6.58 Å². The third kappa shape index (κ3) is 4.68. The Morgan fingerprint density at radius 2 is 2.15 bits per heavy atom. The highest BCUT2D eigenvalue weighted by Gasteiger charge is 2.24. The van der Waals surface area contributed by atoms with Crippen LogP contribution in [0.15, 0.2) is 12.7 Å². The maximum absolute atomic E-state index is 10.7. The molecule has 0 aliphatic rings. The molecule has 1 N–H and O–H groups in total. The maximum atomic E-state index is 10.7. The van der Waals surface area contributed by atoms with Crippen LogP contribution >= 0.6 is 0 Å². The zero-order valence-corrected chi connectivity index (χ0v) is 8.54. The lowest BCUT2D eigenvalue weighted by molar-refractivity contribution is -0.140. The number of aliphatic hydroxyl groups is 1. The van der Waals surface area contributed by atoms with Gasteiger partial charge in [0.05, 0.1) is 6.61 Å². The zero-order chi connectivity index (χ0) is 10.5. The SMILES string of the molecule is C=CC(=O)OCC(CO)C(C)(C)C. The number of aliphatic hydroxyl groups excluding tert-OH is 1. The lowest BCUT2D eigenvalue weighted by Crippen LogP contribution is -2.29. The molecular weight excluding hydrogens is 168 g/mol. The predicted octanol–water partition coefficient (Wildman–Crippen LogP) is 1.37. The minimum absolute atomic E-state index is 0.0217. The first-order chi connectivity index (χ1) is 5.91. The molecule has 0 aromatic rings. The van der Waals surface area contributed by atoms with Crippen molar-refractivity contribution in [2.24, 2.45) is 11.3 Å². The van der Waals surface area contributed by atoms with Crippen LogP contribution in [0.3, 0.4) is 0 Å². The van der Waals surface area contributed by atoms with Crippen LogP contribution in [0.5, 0.6) is 0 Å². The Labute approximate surface area is 79.4 Å². The van der Waals surface area contributed by atoms with Crippen LogP contribution in [0, 0.1) is 11.3 Å². The molecule has 0 aromatic heterocycles. The van der Waals surface area contributed by atoms with Gasteiger partial charge in [-0.3, -0.25) is 0 Å². The van der Waals surface area contributed by atoms with Crippen LogP contribution in [0.2, 0.25) is 0 Å². The van der Waals surface area contributed by atoms with Crippen LogP contribution in [-0.4, -0.2) is 24.3 Å². The molecule has 3 heteroatoms. The van der Waals surface area contributed by atoms with E-state index in [1.54, 1.807) is 0 Å². The van der Waals surface area contributed by atoms with Crippen molar-refractivity contribution < 1.29 is 14.6 Å². The van der Waals surface area contributed by atoms with Crippen molar-refractivity contribution in [1.82, 2.24) is 0 Å². The molecule has 0 radical (unpaired) electrons. The fourth-order valence-electron chi connectivity index (χ4n) is 0.818. The van der Waals surface area contributed by atoms with Gasteiger partial charge in [0.2, 0.25) is 0 Å². The van der Waals surface area contributed by atoms with Gasteiger partial charge in [-0.2, -0.15) is 0 Å². The van der Waals surface area contributed by atoms with Crippen molar-refractivity contribution in [2.75, 3.05) is 13.2 Å². The molecule has 0 spiro atoms. The Morgan fingerprint density at radius 1 is 1.62 bits per heavy atom. The lowest BCUT2D eigenvalue weighted by atomic mass is 9.82. The summed E-state index contributed by atoms with van der Waals surface area (Å²) in [6.45, 7) is 9.54. The zero-order valence-electron chi connectivity index (χ0n) is 8.54. The van der Waals surface area contributed by atoms with Crippen molar-refractivity contribution in [1.29, 1.82) is 0 Å². The fraction of sp³-hybridized carbons (Fsp3) is 0.700. The predicted molar refractivity (Wildman–Crippen MR) is 51.2 cm³/mol. The number of esters is 1. The molecule has 0 aliphatic carbocycles. The minimum Gasteiger partial charge on any atom is -0.462 e. The topological polar surface area (TPSA) is 46.5 Å². The summed E-state index contributed by atoms with van der Waals surface area (Å²) in [5.74, 6) is -0.473. The smallest absolute Gasteiger partial charge is 0.330 e. The van der Waals surface area contributed by atoms with Gasteiger partial charge in [0.15, 0.2) is 0 Å². The van der Waals surface area contributed by atoms with Crippen LogP contribution in [0.25, 0.3) is 0 Å². The number of hydrogen-bond acceptors (Lipinski definition) is 3. The Hall–Kier alpha value is -0.830. The van der Waals surface area contributed by atoms with Gasteiger partial charge in [0.25, 0.3) is 0 Å². The first-order valence-corrected chi connectivity index (χ1v) is 4.32. The van der Waals surface area contributed by atoms with Gasteiger partial charge >= 0.3 is 5.97 Å². The number of hydrogen-bond donors (Lipinski definition) is 1. The molecule has 0 rings (SSSR count). The van der Waals surface area contributed by atoms with Crippen molar-refractivity contribution >= 4 is 5.97 Å². The molecule has 1 unspecified atom stereocenters. The van der Waals surface area contributed by atoms with Gasteiger partial charge in [0.1, 0.15) is 0 Å². The van der Waals surface area contributed by atoms with E-state index in [1.807, 2.05) is 20.8 Å². The molecule has 1 atom stereocenters. The lowest BCUT2D eigenvalue weighted by Gasteiger charge is -2.28. The maximum Gasteiger partial charge on any atom is 0.330 e. The van der Waals surface area contributed by atoms with Crippen molar-refractivity contribution in [2.45, 2.75) is 20.8 Å². The van der Waals surface area contributed by atoms with Crippen LogP contribution in [0.4, 0.5) is 0 Å². The largest absolute Gasteiger partial charge is 0.462 e. The Morgan fingerprint density at radius 3 is 2.46 bits per heavy atom. The van der Waals surface area contributed by atoms with Crippen LogP contribution in [0.1, 0.15) is 20.8 Å². The average molecular weight is 186 g/mol. The summed E-state index contributed by atoms with van der Waals surface area (Å²) >= 11 is 0. The molecule has 0 heterocycles. The number of rotatable bonds is 4. The Balaban J connectivity index is 4.00. The van der Waals surface area contributed by atoms with E-state index in [4.69, 9.17) is 9.84 Å². The summed E-state index contributed by atoms with van der Waals surface area (Å²) < 4.78 is 4.85. The molecule has 0 amide bonds. The highest BCUT2D eigenvalue weighted by atomic mass is 16.5. The van der Waals surface area contributed by atoms with E-state index >= 15 is 0 Å². The van der Waals surface area contributed by atoms with Crippen molar-refractivity contribution in [3.63, 3.8) is 0 Å². The molecule has 0 saturated heterocycles. The second-order valence-corrected chi connectivity index (χ2v) is 4.08. The first-order valence-electron chi connectivity index (χ1n) is 4.32. The molecule has 76 valence electrons. The average Bonchev–Trinajstić information content (AvgIpc) is 2.02. The Bertz CT molecular complexity index is 179. The number of carbonyl (C=O) groups is 1. The molecule has 0 saturated carbocycles. The number of ether oxygens (including phenoxy) is 1. The van der Waals surface area contributed by atoms with Crippen molar-refractivity contribution in [3.8, 4) is 0 Å². The molecule has 3 nitrogen and oxygen atoms in total. The van der Waals surface area contributed by atoms with Gasteiger partial charge < -0.3 is 9.84 Å². The van der Waals surface area contributed by atoms with E-state index < -0.39 is 5.97 Å². The van der Waals surface area contributed by atoms with E-state index in [0.717, 1.165) is 6.08 Å². The van der Waals surface area contributed by atoms with Crippen molar-refractivity contribution in [3.05, 3.63) is 12.7 Å². The fourth-order valence-corrected chi connectivity index (χ4v) is 0.818. The van der Waals surface area contributed by atoms with Gasteiger partial charge in [0, 0.05) is 18.6 Å². The molecule has 0 fully saturated rings. The summed E-state index contributed by atoms with van der Waals surface area (Å²) in [6, 6.07) is 0. The normalized spacial score (nSPS) is 13.5. The standard InChI is InChI=1S/C10H18O3/c1-5-9(12)13-7-8(6-11)10(2,3)4/h5,8,11H,1,6-7H2,2-4H3. The van der Waals surface area contributed by atoms with E-state index in [9.17, 15) is 4.79 Å². The highest BCUT2D eigenvalue weighted by Crippen LogP contribution is 2.25. The molecule has 0 bridgehead atoms. The quantitative estimate of drug-likeness (QED) is 0.533. The molecule has 0 aromatic carbocycles. The number of carbonyl (C=O) groups excluding carboxylic acids is 1. The summed E-state index contributed by atoms with van der Waals surface area (Å²) in [7, 11) is 0. The molecule has 0 aliphatic heterocycles. The highest BCUT2D eigenvalue weighted by molar-refractivity contribution is 5.81. The Kier molecular flexibility index (Phi) is 4.70. The summed E-state index contributed by atoms with van der Waals surface area (Å²) in [5, 5.41) is 9.03. The first kappa shape index (κ1) is 12.2. The van der Waals surface area contributed by atoms with E-state index in [0.29, 0.717) is 0 Å². The molecular formula is C10H18O3. The monoisotopic (exact) mass is 186 g/mol. The second kappa shape index (κ2) is 5.02. The van der Waals surface area contributed by atoms with E-state index in [-0.39, 0.29) is 24.5 Å². The summed E-state index contributed by atoms with van der Waals surface area (Å²) in [5.41, 5.74) is -0.0593. The third-order valence-corrected chi connectivity index (χ3v) is 2.04. The van der Waals surface area contributed by atoms with Gasteiger partial charge in [-0.15, -0.1) is 0 Å². The van der Waals surface area contributed by atoms with Crippen LogP contribution in [-0.2, 0) is 9.53 Å². The second-order valence-electron chi connectivity index (χ2n) is 4.08. The van der Waals surface area contributed by atoms with Crippen LogP contribution < -0.4 is 0 Å². The third-order valence-electron chi connectivity index (χ3n) is 2.04. The molecule has 13 heavy (non-hydrogen) atoms. The summed E-state index contributed by atoms with van der Waals surface area (Å²) in [4.78, 5) is 10.7. The van der Waals surface area contributed by atoms with Gasteiger partial charge in [-0.05, 0) is 5.41 Å². The van der Waals surface area contributed by atoms with Gasteiger partial charge in [-0.1, -0.05) is 27.4 Å².